The highest BCUT2D eigenvalue weighted by Crippen LogP contribution is 1.99. The van der Waals surface area contributed by atoms with Crippen molar-refractivity contribution in [1.29, 1.82) is 5.26 Å². The third-order valence-corrected chi connectivity index (χ3v) is 2.23. The van der Waals surface area contributed by atoms with Crippen LogP contribution in [0.25, 0.3) is 0 Å². The number of rotatable bonds is 9. The van der Waals surface area contributed by atoms with Gasteiger partial charge in [0.1, 0.15) is 0 Å². The summed E-state index contributed by atoms with van der Waals surface area (Å²) in [6.07, 6.45) is 2.21. The Morgan fingerprint density at radius 2 is 2.00 bits per heavy atom. The van der Waals surface area contributed by atoms with E-state index in [1.165, 1.54) is 0 Å². The molecule has 0 aromatic heterocycles. The Balaban J connectivity index is 3.41. The van der Waals surface area contributed by atoms with Crippen molar-refractivity contribution in [1.82, 2.24) is 4.90 Å². The first-order valence-electron chi connectivity index (χ1n) is 5.87. The molecule has 0 fully saturated rings. The van der Waals surface area contributed by atoms with E-state index < -0.39 is 0 Å². The maximum atomic E-state index is 8.61. The van der Waals surface area contributed by atoms with Crippen LogP contribution in [0.1, 0.15) is 33.6 Å². The van der Waals surface area contributed by atoms with E-state index in [1.807, 2.05) is 0 Å². The normalized spacial score (nSPS) is 10.9. The molecule has 0 heterocycles. The Labute approximate surface area is 94.0 Å². The molecule has 0 saturated carbocycles. The quantitative estimate of drug-likeness (QED) is 0.434. The van der Waals surface area contributed by atoms with Crippen LogP contribution in [-0.2, 0) is 4.74 Å². The molecule has 0 aromatic rings. The van der Waals surface area contributed by atoms with E-state index in [0.717, 1.165) is 39.1 Å². The molecule has 0 spiro atoms. The fourth-order valence-corrected chi connectivity index (χ4v) is 1.30. The van der Waals surface area contributed by atoms with E-state index in [4.69, 9.17) is 10.00 Å². The first kappa shape index (κ1) is 14.4. The van der Waals surface area contributed by atoms with E-state index in [0.29, 0.717) is 12.5 Å². The van der Waals surface area contributed by atoms with E-state index >= 15 is 0 Å². The highest BCUT2D eigenvalue weighted by Gasteiger charge is 2.02. The van der Waals surface area contributed by atoms with Gasteiger partial charge in [-0.2, -0.15) is 5.26 Å². The Hall–Kier alpha value is -0.590. The van der Waals surface area contributed by atoms with Crippen molar-refractivity contribution in [3.8, 4) is 6.07 Å². The lowest BCUT2D eigenvalue weighted by Crippen LogP contribution is -2.29. The second kappa shape index (κ2) is 9.95. The third-order valence-electron chi connectivity index (χ3n) is 2.23. The minimum atomic E-state index is 0.515. The number of hydrogen-bond acceptors (Lipinski definition) is 3. The highest BCUT2D eigenvalue weighted by atomic mass is 16.5. The first-order chi connectivity index (χ1) is 7.20. The first-order valence-corrected chi connectivity index (χ1v) is 5.87. The molecule has 0 aliphatic carbocycles. The zero-order chi connectivity index (χ0) is 11.5. The van der Waals surface area contributed by atoms with E-state index in [2.05, 4.69) is 31.7 Å². The molecule has 0 aliphatic rings. The lowest BCUT2D eigenvalue weighted by atomic mass is 10.1. The average molecular weight is 212 g/mol. The molecule has 0 N–H and O–H groups in total. The smallest absolute Gasteiger partial charge is 0.0866 e. The number of nitriles is 1. The number of ether oxygens (including phenoxy) is 1. The second-order valence-corrected chi connectivity index (χ2v) is 4.23. The lowest BCUT2D eigenvalue weighted by molar-refractivity contribution is 0.0997. The Bertz CT molecular complexity index is 175. The van der Waals surface area contributed by atoms with Gasteiger partial charge < -0.3 is 4.74 Å². The van der Waals surface area contributed by atoms with Crippen molar-refractivity contribution in [2.24, 2.45) is 5.92 Å². The minimum absolute atomic E-state index is 0.515. The van der Waals surface area contributed by atoms with Crippen LogP contribution in [0.2, 0.25) is 0 Å². The Morgan fingerprint density at radius 3 is 2.53 bits per heavy atom. The molecule has 0 aromatic carbocycles. The molecule has 0 rings (SSSR count). The molecule has 0 radical (unpaired) electrons. The Kier molecular flexibility index (Phi) is 9.55. The van der Waals surface area contributed by atoms with Gasteiger partial charge in [-0.05, 0) is 25.3 Å². The van der Waals surface area contributed by atoms with Crippen LogP contribution >= 0.6 is 0 Å². The van der Waals surface area contributed by atoms with Crippen LogP contribution in [0.4, 0.5) is 0 Å². The van der Waals surface area contributed by atoms with E-state index in [9.17, 15) is 0 Å². The molecule has 3 nitrogen and oxygen atoms in total. The van der Waals surface area contributed by atoms with E-state index in [-0.39, 0.29) is 0 Å². The minimum Gasteiger partial charge on any atom is -0.380 e. The van der Waals surface area contributed by atoms with Gasteiger partial charge >= 0.3 is 0 Å². The van der Waals surface area contributed by atoms with Crippen molar-refractivity contribution < 1.29 is 4.74 Å². The molecule has 0 amide bonds. The number of nitrogens with zero attached hydrogens (tertiary/aromatic N) is 2. The SMILES string of the molecule is CCCN(CC#N)CCOCCC(C)C. The Morgan fingerprint density at radius 1 is 1.27 bits per heavy atom. The van der Waals surface area contributed by atoms with Crippen molar-refractivity contribution >= 4 is 0 Å². The molecular formula is C12H24N2O. The summed E-state index contributed by atoms with van der Waals surface area (Å²) < 4.78 is 5.52. The third kappa shape index (κ3) is 9.71. The van der Waals surface area contributed by atoms with Gasteiger partial charge in [0.15, 0.2) is 0 Å². The van der Waals surface area contributed by atoms with Gasteiger partial charge in [0.2, 0.25) is 0 Å². The van der Waals surface area contributed by atoms with Gasteiger partial charge in [-0.3, -0.25) is 4.90 Å². The summed E-state index contributed by atoms with van der Waals surface area (Å²) in [5.74, 6) is 0.704. The average Bonchev–Trinajstić information content (AvgIpc) is 2.17. The molecule has 0 bridgehead atoms. The number of hydrogen-bond donors (Lipinski definition) is 0. The van der Waals surface area contributed by atoms with Crippen LogP contribution in [-0.4, -0.2) is 37.7 Å². The molecule has 0 atom stereocenters. The van der Waals surface area contributed by atoms with Gasteiger partial charge in [0.25, 0.3) is 0 Å². The van der Waals surface area contributed by atoms with Gasteiger partial charge in [-0.1, -0.05) is 20.8 Å². The van der Waals surface area contributed by atoms with Crippen molar-refractivity contribution in [2.75, 3.05) is 32.8 Å². The van der Waals surface area contributed by atoms with Crippen molar-refractivity contribution in [3.63, 3.8) is 0 Å². The molecule has 15 heavy (non-hydrogen) atoms. The highest BCUT2D eigenvalue weighted by molar-refractivity contribution is 4.75. The lowest BCUT2D eigenvalue weighted by Gasteiger charge is -2.17. The summed E-state index contributed by atoms with van der Waals surface area (Å²) in [6, 6.07) is 2.18. The standard InChI is InChI=1S/C12H24N2O/c1-4-7-14(8-6-13)9-11-15-10-5-12(2)3/h12H,4-5,7-11H2,1-3H3. The summed E-state index contributed by atoms with van der Waals surface area (Å²) >= 11 is 0. The summed E-state index contributed by atoms with van der Waals surface area (Å²) in [7, 11) is 0. The van der Waals surface area contributed by atoms with Gasteiger partial charge in [0.05, 0.1) is 19.2 Å². The molecule has 88 valence electrons. The summed E-state index contributed by atoms with van der Waals surface area (Å²) in [5.41, 5.74) is 0. The van der Waals surface area contributed by atoms with Gasteiger partial charge in [-0.25, -0.2) is 0 Å². The molecule has 3 heteroatoms. The van der Waals surface area contributed by atoms with Crippen molar-refractivity contribution in [3.05, 3.63) is 0 Å². The molecule has 0 aliphatic heterocycles. The summed E-state index contributed by atoms with van der Waals surface area (Å²) in [6.45, 7) is 10.5. The van der Waals surface area contributed by atoms with Crippen LogP contribution in [0.15, 0.2) is 0 Å². The van der Waals surface area contributed by atoms with E-state index in [1.54, 1.807) is 0 Å². The summed E-state index contributed by atoms with van der Waals surface area (Å²) in [4.78, 5) is 2.13. The largest absolute Gasteiger partial charge is 0.380 e. The fourth-order valence-electron chi connectivity index (χ4n) is 1.30. The molecule has 0 saturated heterocycles. The van der Waals surface area contributed by atoms with Crippen LogP contribution in [0.3, 0.4) is 0 Å². The zero-order valence-corrected chi connectivity index (χ0v) is 10.3. The maximum absolute atomic E-state index is 8.61. The zero-order valence-electron chi connectivity index (χ0n) is 10.3. The van der Waals surface area contributed by atoms with Crippen LogP contribution < -0.4 is 0 Å². The van der Waals surface area contributed by atoms with Crippen molar-refractivity contribution in [2.45, 2.75) is 33.6 Å². The monoisotopic (exact) mass is 212 g/mol. The summed E-state index contributed by atoms with van der Waals surface area (Å²) in [5, 5.41) is 8.61. The predicted octanol–water partition coefficient (Wildman–Crippen LogP) is 2.28. The van der Waals surface area contributed by atoms with Crippen LogP contribution in [0, 0.1) is 17.2 Å². The maximum Gasteiger partial charge on any atom is 0.0866 e. The van der Waals surface area contributed by atoms with Crippen LogP contribution in [0.5, 0.6) is 0 Å². The second-order valence-electron chi connectivity index (χ2n) is 4.23. The molecular weight excluding hydrogens is 188 g/mol. The topological polar surface area (TPSA) is 36.3 Å². The van der Waals surface area contributed by atoms with Gasteiger partial charge in [0, 0.05) is 13.2 Å². The molecule has 0 unspecified atom stereocenters. The fraction of sp³-hybridized carbons (Fsp3) is 0.917. The predicted molar refractivity (Wildman–Crippen MR) is 62.6 cm³/mol. The van der Waals surface area contributed by atoms with Gasteiger partial charge in [-0.15, -0.1) is 0 Å².